The second-order valence-electron chi connectivity index (χ2n) is 14.2. The molecule has 5 fully saturated rings. The van der Waals surface area contributed by atoms with Crippen molar-refractivity contribution in [2.75, 3.05) is 0 Å². The monoisotopic (exact) mass is 476 g/mol. The third kappa shape index (κ3) is 3.15. The lowest BCUT2D eigenvalue weighted by atomic mass is 9.40. The van der Waals surface area contributed by atoms with E-state index < -0.39 is 16.6 Å². The standard InChI is InChI=1S/C26H44O4Si2/c1-16-14-26-15-17(16)18(29-31(4,5)6)13-19(26)24(2)11-10-12-25(3)21(24)20(28-23(25)27)22(26)30-32(7,8)9/h17-22H,1,10-15H2,2-9H3/t17-,18-,19?,20-,21?,22-,24+,25-,26+/m0/s1. The molecule has 4 saturated carbocycles. The minimum atomic E-state index is -1.86. The summed E-state index contributed by atoms with van der Waals surface area (Å²) >= 11 is 0. The summed E-state index contributed by atoms with van der Waals surface area (Å²) in [6.07, 6.45) is 6.59. The van der Waals surface area contributed by atoms with Gasteiger partial charge in [-0.1, -0.05) is 25.5 Å². The maximum Gasteiger partial charge on any atom is 0.312 e. The molecule has 0 radical (unpaired) electrons. The first kappa shape index (κ1) is 23.3. The van der Waals surface area contributed by atoms with E-state index in [9.17, 15) is 4.79 Å². The molecule has 1 saturated heterocycles. The van der Waals surface area contributed by atoms with Crippen molar-refractivity contribution in [2.24, 2.45) is 34.0 Å². The van der Waals surface area contributed by atoms with E-state index in [1.165, 1.54) is 12.0 Å². The zero-order chi connectivity index (χ0) is 23.5. The Labute approximate surface area is 197 Å². The van der Waals surface area contributed by atoms with Gasteiger partial charge in [0, 0.05) is 17.3 Å². The van der Waals surface area contributed by atoms with Gasteiger partial charge in [-0.3, -0.25) is 4.79 Å². The Bertz CT molecular complexity index is 844. The van der Waals surface area contributed by atoms with Gasteiger partial charge in [0.1, 0.15) is 6.10 Å². The van der Waals surface area contributed by atoms with E-state index in [-0.39, 0.29) is 46.4 Å². The molecule has 1 aliphatic heterocycles. The van der Waals surface area contributed by atoms with Gasteiger partial charge in [-0.25, -0.2) is 0 Å². The molecule has 4 aliphatic carbocycles. The zero-order valence-corrected chi connectivity index (χ0v) is 23.5. The summed E-state index contributed by atoms with van der Waals surface area (Å²) in [5.41, 5.74) is 1.09. The Morgan fingerprint density at radius 1 is 1.03 bits per heavy atom. The average Bonchev–Trinajstić information content (AvgIpc) is 3.06. The molecule has 0 aromatic heterocycles. The minimum absolute atomic E-state index is 0.00398. The van der Waals surface area contributed by atoms with E-state index in [1.807, 2.05) is 0 Å². The Kier molecular flexibility index (Phi) is 4.97. The van der Waals surface area contributed by atoms with Crippen LogP contribution >= 0.6 is 0 Å². The molecule has 0 aromatic carbocycles. The molecule has 0 amide bonds. The highest BCUT2D eigenvalue weighted by Crippen LogP contribution is 2.75. The molecule has 9 atom stereocenters. The second kappa shape index (κ2) is 6.82. The molecule has 2 unspecified atom stereocenters. The highest BCUT2D eigenvalue weighted by atomic mass is 28.4. The van der Waals surface area contributed by atoms with Crippen molar-refractivity contribution in [1.29, 1.82) is 0 Å². The van der Waals surface area contributed by atoms with Crippen LogP contribution in [0.2, 0.25) is 39.3 Å². The summed E-state index contributed by atoms with van der Waals surface area (Å²) in [4.78, 5) is 13.3. The molecule has 6 heteroatoms. The van der Waals surface area contributed by atoms with Crippen LogP contribution in [0.1, 0.15) is 52.4 Å². The summed E-state index contributed by atoms with van der Waals surface area (Å²) in [6.45, 7) is 23.1. The molecule has 0 aromatic rings. The molecule has 5 aliphatic rings. The summed E-state index contributed by atoms with van der Waals surface area (Å²) in [6, 6.07) is 0. The van der Waals surface area contributed by atoms with Crippen molar-refractivity contribution in [3.8, 4) is 0 Å². The fourth-order valence-electron chi connectivity index (χ4n) is 9.08. The van der Waals surface area contributed by atoms with Gasteiger partial charge in [-0.05, 0) is 89.6 Å². The Balaban J connectivity index is 1.65. The highest BCUT2D eigenvalue weighted by Gasteiger charge is 2.76. The van der Waals surface area contributed by atoms with Crippen LogP contribution in [-0.4, -0.2) is 40.9 Å². The predicted molar refractivity (Wildman–Crippen MR) is 132 cm³/mol. The van der Waals surface area contributed by atoms with Gasteiger partial charge in [0.05, 0.1) is 17.6 Å². The van der Waals surface area contributed by atoms with Crippen LogP contribution in [0.15, 0.2) is 12.2 Å². The SMILES string of the molecule is C=C1C[C@@]23C[C@@H]1[C@@H](O[Si](C)(C)C)CC2[C@@]1(C)CCC[C@]2(C)C(=O)O[C@@H](C12)[C@@H]3O[Si](C)(C)C. The Morgan fingerprint density at radius 2 is 1.69 bits per heavy atom. The van der Waals surface area contributed by atoms with Gasteiger partial charge in [-0.2, -0.15) is 0 Å². The van der Waals surface area contributed by atoms with E-state index >= 15 is 0 Å². The highest BCUT2D eigenvalue weighted by molar-refractivity contribution is 6.70. The number of carbonyl (C=O) groups excluding carboxylic acids is 1. The van der Waals surface area contributed by atoms with Crippen LogP contribution in [0.25, 0.3) is 0 Å². The van der Waals surface area contributed by atoms with Gasteiger partial charge in [0.25, 0.3) is 0 Å². The van der Waals surface area contributed by atoms with Crippen molar-refractivity contribution in [2.45, 2.75) is 110 Å². The Hall–Kier alpha value is -0.436. The third-order valence-corrected chi connectivity index (χ3v) is 11.8. The molecular weight excluding hydrogens is 432 g/mol. The van der Waals surface area contributed by atoms with Gasteiger partial charge in [0.2, 0.25) is 0 Å². The van der Waals surface area contributed by atoms with Crippen molar-refractivity contribution in [3.63, 3.8) is 0 Å². The summed E-state index contributed by atoms with van der Waals surface area (Å²) in [5, 5.41) is 0. The normalized spacial score (nSPS) is 50.1. The van der Waals surface area contributed by atoms with E-state index in [2.05, 4.69) is 59.7 Å². The predicted octanol–water partition coefficient (Wildman–Crippen LogP) is 6.15. The molecule has 4 nitrogen and oxygen atoms in total. The molecule has 180 valence electrons. The molecule has 5 rings (SSSR count). The first-order chi connectivity index (χ1) is 14.6. The van der Waals surface area contributed by atoms with Crippen LogP contribution in [0.4, 0.5) is 0 Å². The quantitative estimate of drug-likeness (QED) is 0.277. The number of ether oxygens (including phenoxy) is 1. The molecule has 2 bridgehead atoms. The lowest BCUT2D eigenvalue weighted by Crippen LogP contribution is -2.68. The maximum absolute atomic E-state index is 13.3. The fraction of sp³-hybridized carbons (Fsp3) is 0.885. The van der Waals surface area contributed by atoms with Crippen LogP contribution in [-0.2, 0) is 18.4 Å². The maximum atomic E-state index is 13.3. The number of rotatable bonds is 4. The van der Waals surface area contributed by atoms with E-state index in [0.717, 1.165) is 32.1 Å². The summed E-state index contributed by atoms with van der Waals surface area (Å²) in [7, 11) is -3.54. The fourth-order valence-corrected chi connectivity index (χ4v) is 11.4. The molecule has 1 spiro atoms. The van der Waals surface area contributed by atoms with Crippen molar-refractivity contribution < 1.29 is 18.4 Å². The third-order valence-electron chi connectivity index (χ3n) is 9.78. The minimum Gasteiger partial charge on any atom is -0.459 e. The van der Waals surface area contributed by atoms with Crippen molar-refractivity contribution in [1.82, 2.24) is 0 Å². The van der Waals surface area contributed by atoms with Gasteiger partial charge < -0.3 is 13.6 Å². The zero-order valence-electron chi connectivity index (χ0n) is 21.5. The molecule has 1 heterocycles. The van der Waals surface area contributed by atoms with Crippen LogP contribution < -0.4 is 0 Å². The van der Waals surface area contributed by atoms with E-state index in [0.29, 0.717) is 11.8 Å². The number of hydrogen-bond acceptors (Lipinski definition) is 4. The second-order valence-corrected chi connectivity index (χ2v) is 23.1. The summed E-state index contributed by atoms with van der Waals surface area (Å²) in [5.74, 6) is 1.17. The van der Waals surface area contributed by atoms with E-state index in [4.69, 9.17) is 13.6 Å². The molecular formula is C26H44O4Si2. The number of fused-ring (bicyclic) bond motifs is 2. The van der Waals surface area contributed by atoms with Gasteiger partial charge >= 0.3 is 5.97 Å². The van der Waals surface area contributed by atoms with Crippen molar-refractivity contribution >= 4 is 22.6 Å². The van der Waals surface area contributed by atoms with Crippen molar-refractivity contribution in [3.05, 3.63) is 12.2 Å². The summed E-state index contributed by atoms with van der Waals surface area (Å²) < 4.78 is 20.3. The van der Waals surface area contributed by atoms with Crippen LogP contribution in [0.5, 0.6) is 0 Å². The molecule has 0 N–H and O–H groups in total. The molecule has 32 heavy (non-hydrogen) atoms. The van der Waals surface area contributed by atoms with Gasteiger partial charge in [-0.15, -0.1) is 0 Å². The first-order valence-electron chi connectivity index (χ1n) is 12.9. The number of esters is 1. The average molecular weight is 477 g/mol. The topological polar surface area (TPSA) is 44.8 Å². The van der Waals surface area contributed by atoms with E-state index in [1.54, 1.807) is 0 Å². The lowest BCUT2D eigenvalue weighted by Gasteiger charge is -2.66. The number of carbonyl (C=O) groups is 1. The van der Waals surface area contributed by atoms with Crippen LogP contribution in [0.3, 0.4) is 0 Å². The lowest BCUT2D eigenvalue weighted by molar-refractivity contribution is -0.223. The largest absolute Gasteiger partial charge is 0.459 e. The Morgan fingerprint density at radius 3 is 2.31 bits per heavy atom. The number of hydrogen-bond donors (Lipinski definition) is 0. The smallest absolute Gasteiger partial charge is 0.312 e. The van der Waals surface area contributed by atoms with Crippen LogP contribution in [0, 0.1) is 34.0 Å². The first-order valence-corrected chi connectivity index (χ1v) is 19.7. The van der Waals surface area contributed by atoms with Gasteiger partial charge in [0.15, 0.2) is 16.6 Å².